The number of anilines is 1. The summed E-state index contributed by atoms with van der Waals surface area (Å²) in [5, 5.41) is 23.1. The highest BCUT2D eigenvalue weighted by Gasteiger charge is 2.15. The second-order valence-electron chi connectivity index (χ2n) is 3.79. The van der Waals surface area contributed by atoms with Gasteiger partial charge in [0.1, 0.15) is 0 Å². The average molecular weight is 256 g/mol. The third-order valence-corrected chi connectivity index (χ3v) is 3.76. The molecule has 2 aromatic rings. The summed E-state index contributed by atoms with van der Waals surface area (Å²) < 4.78 is 2.81. The molecule has 2 aromatic heterocycles. The van der Waals surface area contributed by atoms with Crippen molar-refractivity contribution < 1.29 is 10.2 Å². The fourth-order valence-corrected chi connectivity index (χ4v) is 2.84. The molecule has 0 radical (unpaired) electrons. The summed E-state index contributed by atoms with van der Waals surface area (Å²) in [6, 6.07) is 0. The van der Waals surface area contributed by atoms with Gasteiger partial charge < -0.3 is 15.1 Å². The van der Waals surface area contributed by atoms with Gasteiger partial charge in [0.2, 0.25) is 0 Å². The van der Waals surface area contributed by atoms with E-state index in [1.165, 1.54) is 0 Å². The molecule has 0 saturated carbocycles. The normalized spacial score (nSPS) is 11.3. The molecule has 2 rings (SSSR count). The number of aliphatic hydroxyl groups excluding tert-OH is 2. The Morgan fingerprint density at radius 3 is 2.47 bits per heavy atom. The number of aliphatic hydroxyl groups is 2. The number of fused-ring (bicyclic) bond motifs is 1. The highest BCUT2D eigenvalue weighted by Crippen LogP contribution is 2.30. The molecule has 94 valence electrons. The summed E-state index contributed by atoms with van der Waals surface area (Å²) in [7, 11) is 1.86. The van der Waals surface area contributed by atoms with Crippen LogP contribution < -0.4 is 4.90 Å². The van der Waals surface area contributed by atoms with Gasteiger partial charge in [0.25, 0.3) is 0 Å². The Bertz CT molecular complexity index is 467. The van der Waals surface area contributed by atoms with E-state index >= 15 is 0 Å². The molecule has 0 fully saturated rings. The monoisotopic (exact) mass is 256 g/mol. The van der Waals surface area contributed by atoms with E-state index in [9.17, 15) is 0 Å². The van der Waals surface area contributed by atoms with Gasteiger partial charge in [-0.2, -0.15) is 5.10 Å². The number of aromatic nitrogens is 3. The van der Waals surface area contributed by atoms with Crippen molar-refractivity contribution in [2.75, 3.05) is 31.2 Å². The van der Waals surface area contributed by atoms with Gasteiger partial charge in [0.15, 0.2) is 10.8 Å². The summed E-state index contributed by atoms with van der Waals surface area (Å²) in [5.74, 6) is 0. The third kappa shape index (κ3) is 2.26. The predicted molar refractivity (Wildman–Crippen MR) is 67.5 cm³/mol. The molecule has 0 aliphatic carbocycles. The summed E-state index contributed by atoms with van der Waals surface area (Å²) in [4.78, 5) is 6.37. The van der Waals surface area contributed by atoms with Gasteiger partial charge >= 0.3 is 0 Å². The van der Waals surface area contributed by atoms with Crippen LogP contribution >= 0.6 is 11.3 Å². The Hall–Kier alpha value is -1.18. The first kappa shape index (κ1) is 12.3. The van der Waals surface area contributed by atoms with E-state index < -0.39 is 0 Å². The van der Waals surface area contributed by atoms with Gasteiger partial charge in [0.05, 0.1) is 23.6 Å². The first-order valence-electron chi connectivity index (χ1n) is 5.44. The number of aryl methyl sites for hydroxylation is 2. The predicted octanol–water partition coefficient (Wildman–Crippen LogP) is 0.129. The zero-order valence-corrected chi connectivity index (χ0v) is 10.7. The third-order valence-electron chi connectivity index (χ3n) is 2.54. The summed E-state index contributed by atoms with van der Waals surface area (Å²) in [6.07, 6.45) is 0. The van der Waals surface area contributed by atoms with Gasteiger partial charge in [-0.1, -0.05) is 11.3 Å². The van der Waals surface area contributed by atoms with Crippen molar-refractivity contribution in [3.8, 4) is 0 Å². The molecule has 7 heteroatoms. The molecule has 0 unspecified atom stereocenters. The lowest BCUT2D eigenvalue weighted by Crippen LogP contribution is -2.29. The van der Waals surface area contributed by atoms with Crippen LogP contribution in [0.1, 0.15) is 5.69 Å². The van der Waals surface area contributed by atoms with E-state index in [-0.39, 0.29) is 13.2 Å². The van der Waals surface area contributed by atoms with Crippen LogP contribution in [0.5, 0.6) is 0 Å². The van der Waals surface area contributed by atoms with Gasteiger partial charge in [-0.3, -0.25) is 0 Å². The van der Waals surface area contributed by atoms with Crippen molar-refractivity contribution in [1.29, 1.82) is 0 Å². The summed E-state index contributed by atoms with van der Waals surface area (Å²) in [5.41, 5.74) is 1.81. The van der Waals surface area contributed by atoms with Crippen molar-refractivity contribution in [1.82, 2.24) is 14.8 Å². The van der Waals surface area contributed by atoms with Crippen LogP contribution in [-0.2, 0) is 7.05 Å². The van der Waals surface area contributed by atoms with E-state index in [0.29, 0.717) is 13.1 Å². The zero-order chi connectivity index (χ0) is 12.4. The number of hydrogen-bond donors (Lipinski definition) is 2. The van der Waals surface area contributed by atoms with Crippen LogP contribution in [0.2, 0.25) is 0 Å². The first-order chi connectivity index (χ1) is 8.17. The Balaban J connectivity index is 2.36. The number of rotatable bonds is 5. The maximum absolute atomic E-state index is 9.00. The highest BCUT2D eigenvalue weighted by molar-refractivity contribution is 7.22. The van der Waals surface area contributed by atoms with Crippen LogP contribution in [0, 0.1) is 6.92 Å². The minimum atomic E-state index is 0.0488. The topological polar surface area (TPSA) is 74.4 Å². The van der Waals surface area contributed by atoms with Crippen molar-refractivity contribution in [3.05, 3.63) is 5.69 Å². The van der Waals surface area contributed by atoms with Crippen LogP contribution in [0.25, 0.3) is 10.3 Å². The van der Waals surface area contributed by atoms with Crippen molar-refractivity contribution in [2.45, 2.75) is 6.92 Å². The number of hydrogen-bond acceptors (Lipinski definition) is 6. The first-order valence-corrected chi connectivity index (χ1v) is 6.25. The molecule has 0 bridgehead atoms. The van der Waals surface area contributed by atoms with E-state index in [2.05, 4.69) is 10.1 Å². The minimum Gasteiger partial charge on any atom is -0.395 e. The molecule has 0 aliphatic heterocycles. The quantitative estimate of drug-likeness (QED) is 0.795. The highest BCUT2D eigenvalue weighted by atomic mass is 32.1. The van der Waals surface area contributed by atoms with Crippen molar-refractivity contribution in [2.24, 2.45) is 7.05 Å². The Labute approximate surface area is 103 Å². The van der Waals surface area contributed by atoms with E-state index in [1.807, 2.05) is 18.9 Å². The Morgan fingerprint density at radius 2 is 1.94 bits per heavy atom. The van der Waals surface area contributed by atoms with E-state index in [0.717, 1.165) is 21.2 Å². The van der Waals surface area contributed by atoms with Crippen LogP contribution in [0.3, 0.4) is 0 Å². The zero-order valence-electron chi connectivity index (χ0n) is 9.92. The maximum atomic E-state index is 9.00. The molecule has 0 aromatic carbocycles. The maximum Gasteiger partial charge on any atom is 0.188 e. The largest absolute Gasteiger partial charge is 0.395 e. The lowest BCUT2D eigenvalue weighted by atomic mass is 10.5. The fourth-order valence-electron chi connectivity index (χ4n) is 1.75. The number of thiazole rings is 1. The lowest BCUT2D eigenvalue weighted by molar-refractivity contribution is 0.281. The molecular formula is C10H16N4O2S. The molecule has 0 spiro atoms. The van der Waals surface area contributed by atoms with Crippen molar-refractivity contribution in [3.63, 3.8) is 0 Å². The summed E-state index contributed by atoms with van der Waals surface area (Å²) in [6.45, 7) is 3.01. The van der Waals surface area contributed by atoms with Gasteiger partial charge in [-0.25, -0.2) is 9.67 Å². The average Bonchev–Trinajstić information content (AvgIpc) is 2.82. The molecule has 0 aliphatic rings. The molecule has 0 atom stereocenters. The smallest absolute Gasteiger partial charge is 0.188 e. The molecule has 17 heavy (non-hydrogen) atoms. The SMILES string of the molecule is Cc1nn(C)c2nc(N(CCO)CCO)sc12. The van der Waals surface area contributed by atoms with E-state index in [4.69, 9.17) is 10.2 Å². The van der Waals surface area contributed by atoms with Crippen LogP contribution in [-0.4, -0.2) is 51.3 Å². The van der Waals surface area contributed by atoms with Gasteiger partial charge in [-0.05, 0) is 6.92 Å². The molecule has 0 amide bonds. The van der Waals surface area contributed by atoms with Crippen LogP contribution in [0.4, 0.5) is 5.13 Å². The van der Waals surface area contributed by atoms with Crippen molar-refractivity contribution >= 4 is 26.8 Å². The molecule has 2 N–H and O–H groups in total. The van der Waals surface area contributed by atoms with Crippen LogP contribution in [0.15, 0.2) is 0 Å². The number of nitrogens with zero attached hydrogens (tertiary/aromatic N) is 4. The Morgan fingerprint density at radius 1 is 1.29 bits per heavy atom. The van der Waals surface area contributed by atoms with Gasteiger partial charge in [0, 0.05) is 20.1 Å². The second kappa shape index (κ2) is 4.99. The Kier molecular flexibility index (Phi) is 3.60. The van der Waals surface area contributed by atoms with Gasteiger partial charge in [-0.15, -0.1) is 0 Å². The lowest BCUT2D eigenvalue weighted by Gasteiger charge is -2.18. The molecule has 6 nitrogen and oxygen atoms in total. The second-order valence-corrected chi connectivity index (χ2v) is 4.77. The minimum absolute atomic E-state index is 0.0488. The molecular weight excluding hydrogens is 240 g/mol. The molecule has 2 heterocycles. The standard InChI is InChI=1S/C10H16N4O2S/c1-7-8-9(13(2)12-7)11-10(17-8)14(3-5-15)4-6-16/h15-16H,3-6H2,1-2H3. The summed E-state index contributed by atoms with van der Waals surface area (Å²) >= 11 is 1.54. The molecule has 0 saturated heterocycles. The van der Waals surface area contributed by atoms with E-state index in [1.54, 1.807) is 16.0 Å². The fraction of sp³-hybridized carbons (Fsp3) is 0.600.